The molecule has 27 heavy (non-hydrogen) atoms. The summed E-state index contributed by atoms with van der Waals surface area (Å²) in [6, 6.07) is 17.9. The van der Waals surface area contributed by atoms with Crippen LogP contribution in [0.15, 0.2) is 54.6 Å². The van der Waals surface area contributed by atoms with Gasteiger partial charge < -0.3 is 9.80 Å². The highest BCUT2D eigenvalue weighted by Gasteiger charge is 2.13. The number of rotatable bonds is 5. The maximum atomic E-state index is 12.7. The standard InChI is InChI=1S/C22H26N4O/c1-16-14-17(2)26(23-16)21-12-8-19(9-13-21)22(27)25(5)15-18-6-10-20(11-7-18)24(3)4/h6-14H,15H2,1-5H3. The number of aryl methyl sites for hydroxylation is 2. The molecule has 5 nitrogen and oxygen atoms in total. The van der Waals surface area contributed by atoms with E-state index in [9.17, 15) is 4.79 Å². The van der Waals surface area contributed by atoms with Crippen LogP contribution in [0.3, 0.4) is 0 Å². The van der Waals surface area contributed by atoms with E-state index in [0.717, 1.165) is 28.3 Å². The Kier molecular flexibility index (Phi) is 5.31. The third-order valence-electron chi connectivity index (χ3n) is 4.59. The minimum atomic E-state index is 0.00611. The van der Waals surface area contributed by atoms with Crippen LogP contribution in [-0.4, -0.2) is 41.7 Å². The monoisotopic (exact) mass is 362 g/mol. The van der Waals surface area contributed by atoms with Gasteiger partial charge in [0.25, 0.3) is 5.91 Å². The molecule has 0 radical (unpaired) electrons. The molecule has 2 aromatic carbocycles. The smallest absolute Gasteiger partial charge is 0.253 e. The minimum Gasteiger partial charge on any atom is -0.378 e. The van der Waals surface area contributed by atoms with Crippen molar-refractivity contribution in [3.05, 3.63) is 77.1 Å². The lowest BCUT2D eigenvalue weighted by atomic mass is 10.1. The number of nitrogens with zero attached hydrogens (tertiary/aromatic N) is 4. The molecule has 0 saturated heterocycles. The highest BCUT2D eigenvalue weighted by Crippen LogP contribution is 2.16. The average Bonchev–Trinajstić information content (AvgIpc) is 2.99. The fourth-order valence-corrected chi connectivity index (χ4v) is 3.10. The van der Waals surface area contributed by atoms with Crippen LogP contribution in [0.4, 0.5) is 5.69 Å². The molecule has 5 heteroatoms. The van der Waals surface area contributed by atoms with Crippen LogP contribution in [0.1, 0.15) is 27.3 Å². The second kappa shape index (κ2) is 7.66. The van der Waals surface area contributed by atoms with Crippen molar-refractivity contribution in [2.75, 3.05) is 26.0 Å². The van der Waals surface area contributed by atoms with Crippen molar-refractivity contribution >= 4 is 11.6 Å². The van der Waals surface area contributed by atoms with E-state index in [1.165, 1.54) is 0 Å². The molecule has 1 heterocycles. The average molecular weight is 362 g/mol. The van der Waals surface area contributed by atoms with Crippen molar-refractivity contribution in [2.24, 2.45) is 0 Å². The van der Waals surface area contributed by atoms with Gasteiger partial charge in [-0.2, -0.15) is 5.10 Å². The molecule has 0 aliphatic heterocycles. The summed E-state index contributed by atoms with van der Waals surface area (Å²) in [5.41, 5.74) is 5.94. The molecule has 3 rings (SSSR count). The summed E-state index contributed by atoms with van der Waals surface area (Å²) in [4.78, 5) is 16.5. The highest BCUT2D eigenvalue weighted by atomic mass is 16.2. The fourth-order valence-electron chi connectivity index (χ4n) is 3.10. The van der Waals surface area contributed by atoms with Gasteiger partial charge in [-0.1, -0.05) is 12.1 Å². The molecule has 0 aliphatic carbocycles. The van der Waals surface area contributed by atoms with Crippen molar-refractivity contribution in [1.82, 2.24) is 14.7 Å². The van der Waals surface area contributed by atoms with E-state index in [2.05, 4.69) is 34.3 Å². The van der Waals surface area contributed by atoms with Crippen LogP contribution < -0.4 is 4.90 Å². The van der Waals surface area contributed by atoms with E-state index in [1.807, 2.05) is 70.0 Å². The summed E-state index contributed by atoms with van der Waals surface area (Å²) >= 11 is 0. The number of anilines is 1. The summed E-state index contributed by atoms with van der Waals surface area (Å²) in [7, 11) is 5.86. The summed E-state index contributed by atoms with van der Waals surface area (Å²) in [6.45, 7) is 4.57. The van der Waals surface area contributed by atoms with Crippen LogP contribution in [0.5, 0.6) is 0 Å². The minimum absolute atomic E-state index is 0.00611. The molecule has 0 N–H and O–H groups in total. The van der Waals surface area contributed by atoms with E-state index in [0.29, 0.717) is 12.1 Å². The molecule has 0 spiro atoms. The van der Waals surface area contributed by atoms with E-state index >= 15 is 0 Å². The molecular weight excluding hydrogens is 336 g/mol. The van der Waals surface area contributed by atoms with Crippen molar-refractivity contribution in [3.63, 3.8) is 0 Å². The number of carbonyl (C=O) groups excluding carboxylic acids is 1. The summed E-state index contributed by atoms with van der Waals surface area (Å²) in [5.74, 6) is 0.00611. The van der Waals surface area contributed by atoms with Crippen molar-refractivity contribution in [2.45, 2.75) is 20.4 Å². The summed E-state index contributed by atoms with van der Waals surface area (Å²) < 4.78 is 1.89. The Bertz CT molecular complexity index is 924. The van der Waals surface area contributed by atoms with E-state index in [1.54, 1.807) is 4.90 Å². The van der Waals surface area contributed by atoms with E-state index in [4.69, 9.17) is 0 Å². The first-order valence-corrected chi connectivity index (χ1v) is 9.00. The Hall–Kier alpha value is -3.08. The first-order chi connectivity index (χ1) is 12.8. The van der Waals surface area contributed by atoms with Crippen LogP contribution in [0, 0.1) is 13.8 Å². The zero-order valence-corrected chi connectivity index (χ0v) is 16.6. The van der Waals surface area contributed by atoms with Crippen LogP contribution in [0.2, 0.25) is 0 Å². The number of aromatic nitrogens is 2. The van der Waals surface area contributed by atoms with Gasteiger partial charge in [0.2, 0.25) is 0 Å². The van der Waals surface area contributed by atoms with Gasteiger partial charge in [-0.3, -0.25) is 4.79 Å². The number of amides is 1. The Morgan fingerprint density at radius 1 is 0.963 bits per heavy atom. The highest BCUT2D eigenvalue weighted by molar-refractivity contribution is 5.94. The summed E-state index contributed by atoms with van der Waals surface area (Å²) in [5, 5.41) is 4.48. The second-order valence-corrected chi connectivity index (χ2v) is 7.11. The topological polar surface area (TPSA) is 41.4 Å². The molecule has 0 unspecified atom stereocenters. The quantitative estimate of drug-likeness (QED) is 0.693. The third-order valence-corrected chi connectivity index (χ3v) is 4.59. The predicted molar refractivity (Wildman–Crippen MR) is 110 cm³/mol. The molecule has 0 saturated carbocycles. The lowest BCUT2D eigenvalue weighted by molar-refractivity contribution is 0.0785. The van der Waals surface area contributed by atoms with Crippen LogP contribution in [-0.2, 0) is 6.54 Å². The Labute approximate surface area is 160 Å². The maximum Gasteiger partial charge on any atom is 0.253 e. The zero-order chi connectivity index (χ0) is 19.6. The molecule has 1 amide bonds. The van der Waals surface area contributed by atoms with Gasteiger partial charge in [0.1, 0.15) is 0 Å². The maximum absolute atomic E-state index is 12.7. The molecule has 0 bridgehead atoms. The fraction of sp³-hybridized carbons (Fsp3) is 0.273. The Balaban J connectivity index is 1.70. The van der Waals surface area contributed by atoms with Gasteiger partial charge in [-0.25, -0.2) is 4.68 Å². The van der Waals surface area contributed by atoms with Crippen molar-refractivity contribution in [3.8, 4) is 5.69 Å². The number of hydrogen-bond donors (Lipinski definition) is 0. The van der Waals surface area contributed by atoms with Crippen LogP contribution >= 0.6 is 0 Å². The molecular formula is C22H26N4O. The lowest BCUT2D eigenvalue weighted by Crippen LogP contribution is -2.26. The second-order valence-electron chi connectivity index (χ2n) is 7.11. The van der Waals surface area contributed by atoms with Crippen molar-refractivity contribution < 1.29 is 4.79 Å². The Morgan fingerprint density at radius 3 is 2.11 bits per heavy atom. The number of benzene rings is 2. The first kappa shape index (κ1) is 18.7. The van der Waals surface area contributed by atoms with Gasteiger partial charge in [0.05, 0.1) is 11.4 Å². The van der Waals surface area contributed by atoms with E-state index in [-0.39, 0.29) is 5.91 Å². The van der Waals surface area contributed by atoms with Gasteiger partial charge >= 0.3 is 0 Å². The van der Waals surface area contributed by atoms with Gasteiger partial charge in [0, 0.05) is 44.6 Å². The molecule has 3 aromatic rings. The number of hydrogen-bond acceptors (Lipinski definition) is 3. The molecule has 0 atom stereocenters. The molecule has 1 aromatic heterocycles. The van der Waals surface area contributed by atoms with Gasteiger partial charge in [-0.15, -0.1) is 0 Å². The van der Waals surface area contributed by atoms with E-state index < -0.39 is 0 Å². The predicted octanol–water partition coefficient (Wildman–Crippen LogP) is 3.83. The molecule has 140 valence electrons. The largest absolute Gasteiger partial charge is 0.378 e. The SMILES string of the molecule is Cc1cc(C)n(-c2ccc(C(=O)N(C)Cc3ccc(N(C)C)cc3)cc2)n1. The zero-order valence-electron chi connectivity index (χ0n) is 16.6. The lowest BCUT2D eigenvalue weighted by Gasteiger charge is -2.19. The molecule has 0 fully saturated rings. The van der Waals surface area contributed by atoms with Crippen LogP contribution in [0.25, 0.3) is 5.69 Å². The normalized spacial score (nSPS) is 10.7. The van der Waals surface area contributed by atoms with Gasteiger partial charge in [-0.05, 0) is 61.9 Å². The third kappa shape index (κ3) is 4.19. The summed E-state index contributed by atoms with van der Waals surface area (Å²) in [6.07, 6.45) is 0. The first-order valence-electron chi connectivity index (χ1n) is 9.00. The number of carbonyl (C=O) groups is 1. The van der Waals surface area contributed by atoms with Gasteiger partial charge in [0.15, 0.2) is 0 Å². The molecule has 0 aliphatic rings. The Morgan fingerprint density at radius 2 is 1.59 bits per heavy atom. The van der Waals surface area contributed by atoms with Crippen molar-refractivity contribution in [1.29, 1.82) is 0 Å².